The molecule has 3 rings (SSSR count). The van der Waals surface area contributed by atoms with Crippen molar-refractivity contribution in [2.24, 2.45) is 0 Å². The van der Waals surface area contributed by atoms with Gasteiger partial charge in [0.25, 0.3) is 5.91 Å². The highest BCUT2D eigenvalue weighted by Gasteiger charge is 2.17. The lowest BCUT2D eigenvalue weighted by Gasteiger charge is -2.13. The van der Waals surface area contributed by atoms with Crippen LogP contribution in [-0.4, -0.2) is 46.1 Å². The van der Waals surface area contributed by atoms with Gasteiger partial charge in [-0.25, -0.2) is 0 Å². The van der Waals surface area contributed by atoms with Crippen molar-refractivity contribution in [2.75, 3.05) is 14.1 Å². The second-order valence-corrected chi connectivity index (χ2v) is 7.14. The summed E-state index contributed by atoms with van der Waals surface area (Å²) in [4.78, 5) is 19.1. The molecule has 0 unspecified atom stereocenters. The molecule has 0 saturated carbocycles. The average Bonchev–Trinajstić information content (AvgIpc) is 3.09. The van der Waals surface area contributed by atoms with E-state index in [4.69, 9.17) is 0 Å². The van der Waals surface area contributed by atoms with E-state index in [2.05, 4.69) is 45.3 Å². The van der Waals surface area contributed by atoms with Crippen molar-refractivity contribution >= 4 is 16.8 Å². The maximum absolute atomic E-state index is 12.7. The molecule has 1 amide bonds. The smallest absolute Gasteiger partial charge is 0.272 e. The quantitative estimate of drug-likeness (QED) is 0.671. The molecule has 0 radical (unpaired) electrons. The van der Waals surface area contributed by atoms with E-state index < -0.39 is 0 Å². The van der Waals surface area contributed by atoms with Crippen LogP contribution in [0.25, 0.3) is 22.0 Å². The molecule has 0 atom stereocenters. The second kappa shape index (κ2) is 8.31. The van der Waals surface area contributed by atoms with E-state index in [1.807, 2.05) is 44.7 Å². The SMILES string of the molecule is CCC(CC)NC(=O)c1n[nH]c2ccc(-c3cncc(CN(C)C)c3)cc12. The topological polar surface area (TPSA) is 73.9 Å². The van der Waals surface area contributed by atoms with Crippen LogP contribution >= 0.6 is 0 Å². The van der Waals surface area contributed by atoms with Crippen molar-refractivity contribution in [1.29, 1.82) is 0 Å². The third-order valence-corrected chi connectivity index (χ3v) is 4.73. The van der Waals surface area contributed by atoms with Crippen molar-refractivity contribution in [1.82, 2.24) is 25.4 Å². The number of aromatic amines is 1. The van der Waals surface area contributed by atoms with E-state index in [0.29, 0.717) is 5.69 Å². The third-order valence-electron chi connectivity index (χ3n) is 4.73. The van der Waals surface area contributed by atoms with E-state index in [1.54, 1.807) is 0 Å². The Morgan fingerprint density at radius 3 is 2.63 bits per heavy atom. The van der Waals surface area contributed by atoms with Crippen molar-refractivity contribution in [3.63, 3.8) is 0 Å². The number of hydrogen-bond acceptors (Lipinski definition) is 4. The molecule has 1 aromatic carbocycles. The van der Waals surface area contributed by atoms with E-state index in [0.717, 1.165) is 47.0 Å². The minimum absolute atomic E-state index is 0.133. The Morgan fingerprint density at radius 1 is 1.15 bits per heavy atom. The van der Waals surface area contributed by atoms with Gasteiger partial charge in [0.05, 0.1) is 5.52 Å². The van der Waals surface area contributed by atoms with Crippen LogP contribution in [0.1, 0.15) is 42.7 Å². The monoisotopic (exact) mass is 365 g/mol. The first-order chi connectivity index (χ1) is 13.0. The number of carbonyl (C=O) groups excluding carboxylic acids is 1. The van der Waals surface area contributed by atoms with Crippen molar-refractivity contribution in [2.45, 2.75) is 39.3 Å². The molecule has 0 bridgehead atoms. The van der Waals surface area contributed by atoms with Crippen LogP contribution in [0.2, 0.25) is 0 Å². The summed E-state index contributed by atoms with van der Waals surface area (Å²) in [7, 11) is 4.07. The molecule has 0 aliphatic rings. The van der Waals surface area contributed by atoms with E-state index >= 15 is 0 Å². The second-order valence-electron chi connectivity index (χ2n) is 7.14. The number of nitrogens with one attached hydrogen (secondary N) is 2. The molecule has 0 spiro atoms. The van der Waals surface area contributed by atoms with Gasteiger partial charge in [-0.15, -0.1) is 0 Å². The maximum Gasteiger partial charge on any atom is 0.272 e. The molecule has 0 fully saturated rings. The number of pyridine rings is 1. The average molecular weight is 365 g/mol. The van der Waals surface area contributed by atoms with Gasteiger partial charge in [0.1, 0.15) is 0 Å². The largest absolute Gasteiger partial charge is 0.348 e. The van der Waals surface area contributed by atoms with Crippen molar-refractivity contribution < 1.29 is 4.79 Å². The summed E-state index contributed by atoms with van der Waals surface area (Å²) in [5.74, 6) is -0.133. The molecular formula is C21H27N5O. The molecule has 0 aliphatic carbocycles. The van der Waals surface area contributed by atoms with Gasteiger partial charge in [0.2, 0.25) is 0 Å². The van der Waals surface area contributed by atoms with Crippen LogP contribution in [0, 0.1) is 0 Å². The normalized spacial score (nSPS) is 11.5. The molecule has 2 N–H and O–H groups in total. The summed E-state index contributed by atoms with van der Waals surface area (Å²) in [6, 6.07) is 8.30. The summed E-state index contributed by atoms with van der Waals surface area (Å²) in [6.45, 7) is 4.98. The summed E-state index contributed by atoms with van der Waals surface area (Å²) in [6.07, 6.45) is 5.54. The van der Waals surface area contributed by atoms with Gasteiger partial charge in [0.15, 0.2) is 5.69 Å². The predicted molar refractivity (Wildman–Crippen MR) is 109 cm³/mol. The number of nitrogens with zero attached hydrogens (tertiary/aromatic N) is 3. The van der Waals surface area contributed by atoms with Crippen LogP contribution in [0.3, 0.4) is 0 Å². The first-order valence-electron chi connectivity index (χ1n) is 9.39. The van der Waals surface area contributed by atoms with Crippen LogP contribution in [0.4, 0.5) is 0 Å². The number of benzene rings is 1. The molecule has 0 aliphatic heterocycles. The number of fused-ring (bicyclic) bond motifs is 1. The lowest BCUT2D eigenvalue weighted by atomic mass is 10.0. The van der Waals surface area contributed by atoms with Crippen LogP contribution < -0.4 is 5.32 Å². The van der Waals surface area contributed by atoms with Gasteiger partial charge in [-0.05, 0) is 56.3 Å². The molecule has 0 saturated heterocycles. The molecule has 2 heterocycles. The van der Waals surface area contributed by atoms with Crippen LogP contribution in [0.15, 0.2) is 36.7 Å². The third kappa shape index (κ3) is 4.34. The summed E-state index contributed by atoms with van der Waals surface area (Å²) in [5, 5.41) is 11.1. The lowest BCUT2D eigenvalue weighted by Crippen LogP contribution is -2.34. The van der Waals surface area contributed by atoms with Crippen molar-refractivity contribution in [3.05, 3.63) is 47.9 Å². The zero-order valence-corrected chi connectivity index (χ0v) is 16.4. The Bertz CT molecular complexity index is 927. The van der Waals surface area contributed by atoms with Gasteiger partial charge in [-0.3, -0.25) is 14.9 Å². The number of rotatable bonds is 7. The van der Waals surface area contributed by atoms with E-state index in [-0.39, 0.29) is 11.9 Å². The highest BCUT2D eigenvalue weighted by Crippen LogP contribution is 2.26. The highest BCUT2D eigenvalue weighted by atomic mass is 16.2. The highest BCUT2D eigenvalue weighted by molar-refractivity contribution is 6.05. The number of aromatic nitrogens is 3. The Kier molecular flexibility index (Phi) is 5.86. The Hall–Kier alpha value is -2.73. The maximum atomic E-state index is 12.7. The van der Waals surface area contributed by atoms with Crippen LogP contribution in [0.5, 0.6) is 0 Å². The minimum Gasteiger partial charge on any atom is -0.348 e. The van der Waals surface area contributed by atoms with Gasteiger partial charge >= 0.3 is 0 Å². The number of H-pyrrole nitrogens is 1. The lowest BCUT2D eigenvalue weighted by molar-refractivity contribution is 0.0931. The first-order valence-corrected chi connectivity index (χ1v) is 9.39. The zero-order valence-electron chi connectivity index (χ0n) is 16.4. The minimum atomic E-state index is -0.133. The van der Waals surface area contributed by atoms with E-state index in [1.165, 1.54) is 0 Å². The Labute approximate surface area is 160 Å². The fourth-order valence-corrected chi connectivity index (χ4v) is 3.21. The standard InChI is InChI=1S/C21H27N5O/c1-5-17(6-2)23-21(27)20-18-10-15(7-8-19(18)24-25-20)16-9-14(11-22-12-16)13-26(3)4/h7-12,17H,5-6,13H2,1-4H3,(H,23,27)(H,24,25). The fourth-order valence-electron chi connectivity index (χ4n) is 3.21. The zero-order chi connectivity index (χ0) is 19.4. The number of carbonyl (C=O) groups is 1. The number of amides is 1. The van der Waals surface area contributed by atoms with Gasteiger partial charge in [-0.2, -0.15) is 5.10 Å². The number of hydrogen-bond donors (Lipinski definition) is 2. The molecular weight excluding hydrogens is 338 g/mol. The van der Waals surface area contributed by atoms with Gasteiger partial charge < -0.3 is 10.2 Å². The Balaban J connectivity index is 1.94. The van der Waals surface area contributed by atoms with Crippen molar-refractivity contribution in [3.8, 4) is 11.1 Å². The van der Waals surface area contributed by atoms with E-state index in [9.17, 15) is 4.79 Å². The van der Waals surface area contributed by atoms with Crippen LogP contribution in [-0.2, 0) is 6.54 Å². The molecule has 6 nitrogen and oxygen atoms in total. The Morgan fingerprint density at radius 2 is 1.93 bits per heavy atom. The van der Waals surface area contributed by atoms with Gasteiger partial charge in [-0.1, -0.05) is 19.9 Å². The molecule has 27 heavy (non-hydrogen) atoms. The first kappa shape index (κ1) is 19.0. The molecule has 6 heteroatoms. The molecule has 2 aromatic heterocycles. The summed E-state index contributed by atoms with van der Waals surface area (Å²) >= 11 is 0. The predicted octanol–water partition coefficient (Wildman–Crippen LogP) is 3.60. The fraction of sp³-hybridized carbons (Fsp3) is 0.381. The molecule has 142 valence electrons. The summed E-state index contributed by atoms with van der Waals surface area (Å²) in [5.41, 5.74) is 4.50. The molecule has 3 aromatic rings. The van der Waals surface area contributed by atoms with Gasteiger partial charge in [0, 0.05) is 35.9 Å². The summed E-state index contributed by atoms with van der Waals surface area (Å²) < 4.78 is 0.